The molecule has 0 amide bonds. The summed E-state index contributed by atoms with van der Waals surface area (Å²) < 4.78 is 0. The quantitative estimate of drug-likeness (QED) is 0.594. The van der Waals surface area contributed by atoms with Crippen molar-refractivity contribution in [3.8, 4) is 0 Å². The van der Waals surface area contributed by atoms with Gasteiger partial charge in [0.05, 0.1) is 5.02 Å². The van der Waals surface area contributed by atoms with Gasteiger partial charge in [0.1, 0.15) is 11.5 Å². The second-order valence-corrected chi connectivity index (χ2v) is 3.07. The first-order valence-electron chi connectivity index (χ1n) is 4.16. The lowest BCUT2D eigenvalue weighted by molar-refractivity contribution is 0.929. The molecule has 13 heavy (non-hydrogen) atoms. The van der Waals surface area contributed by atoms with Gasteiger partial charge in [-0.2, -0.15) is 0 Å². The third kappa shape index (κ3) is 3.03. The molecule has 3 nitrogen and oxygen atoms in total. The second kappa shape index (κ2) is 4.82. The number of nitrogens with zero attached hydrogens (tertiary/aromatic N) is 2. The van der Waals surface area contributed by atoms with Crippen LogP contribution in [0.1, 0.15) is 19.0 Å². The Morgan fingerprint density at radius 2 is 2.38 bits per heavy atom. The van der Waals surface area contributed by atoms with Gasteiger partial charge in [-0.3, -0.25) is 9.98 Å². The van der Waals surface area contributed by atoms with Crippen molar-refractivity contribution in [2.75, 3.05) is 6.54 Å². The Hall–Kier alpha value is -1.09. The number of halogens is 1. The fraction of sp³-hybridized carbons (Fsp3) is 0.333. The molecule has 4 heteroatoms. The highest BCUT2D eigenvalue weighted by Gasteiger charge is 1.98. The van der Waals surface area contributed by atoms with Gasteiger partial charge in [0.2, 0.25) is 0 Å². The molecular formula is C9H12ClN3. The molecule has 0 fully saturated rings. The molecule has 1 aromatic heterocycles. The predicted molar refractivity (Wildman–Crippen MR) is 55.1 cm³/mol. The maximum Gasteiger partial charge on any atom is 0.144 e. The van der Waals surface area contributed by atoms with Crippen molar-refractivity contribution in [3.05, 3.63) is 29.0 Å². The molecule has 1 rings (SSSR count). The molecule has 70 valence electrons. The van der Waals surface area contributed by atoms with E-state index in [-0.39, 0.29) is 0 Å². The number of hydrogen-bond donors (Lipinski definition) is 1. The predicted octanol–water partition coefficient (Wildman–Crippen LogP) is 1.85. The Kier molecular flexibility index (Phi) is 3.71. The largest absolute Gasteiger partial charge is 0.382 e. The van der Waals surface area contributed by atoms with Gasteiger partial charge in [-0.05, 0) is 18.6 Å². The van der Waals surface area contributed by atoms with Gasteiger partial charge in [0, 0.05) is 12.7 Å². The van der Waals surface area contributed by atoms with Crippen LogP contribution in [0, 0.1) is 0 Å². The van der Waals surface area contributed by atoms with Gasteiger partial charge < -0.3 is 5.73 Å². The Balaban J connectivity index is 2.77. The summed E-state index contributed by atoms with van der Waals surface area (Å²) in [5, 5.41) is 0.604. The average molecular weight is 198 g/mol. The van der Waals surface area contributed by atoms with Crippen molar-refractivity contribution in [1.82, 2.24) is 4.98 Å². The molecular weight excluding hydrogens is 186 g/mol. The van der Waals surface area contributed by atoms with E-state index >= 15 is 0 Å². The Bertz CT molecular complexity index is 292. The number of amidine groups is 1. The van der Waals surface area contributed by atoms with Crippen molar-refractivity contribution in [3.63, 3.8) is 0 Å². The third-order valence-electron chi connectivity index (χ3n) is 1.50. The van der Waals surface area contributed by atoms with Crippen molar-refractivity contribution < 1.29 is 0 Å². The zero-order valence-electron chi connectivity index (χ0n) is 7.50. The van der Waals surface area contributed by atoms with Crippen LogP contribution >= 0.6 is 11.6 Å². The van der Waals surface area contributed by atoms with E-state index in [1.807, 2.05) is 6.92 Å². The number of rotatable bonds is 3. The molecule has 1 aromatic rings. The van der Waals surface area contributed by atoms with E-state index < -0.39 is 0 Å². The van der Waals surface area contributed by atoms with Gasteiger partial charge in [0.15, 0.2) is 0 Å². The molecule has 0 bridgehead atoms. The van der Waals surface area contributed by atoms with Crippen LogP contribution in [0.4, 0.5) is 0 Å². The molecule has 0 unspecified atom stereocenters. The van der Waals surface area contributed by atoms with Crippen LogP contribution < -0.4 is 5.73 Å². The van der Waals surface area contributed by atoms with Crippen molar-refractivity contribution in [1.29, 1.82) is 0 Å². The first kappa shape index (κ1) is 9.99. The highest BCUT2D eigenvalue weighted by molar-refractivity contribution is 6.30. The summed E-state index contributed by atoms with van der Waals surface area (Å²) in [4.78, 5) is 8.17. The van der Waals surface area contributed by atoms with E-state index in [1.54, 1.807) is 18.3 Å². The summed E-state index contributed by atoms with van der Waals surface area (Å²) in [6.07, 6.45) is 2.54. The molecule has 0 aliphatic rings. The van der Waals surface area contributed by atoms with E-state index in [9.17, 15) is 0 Å². The number of aliphatic imine (C=N–C) groups is 1. The molecule has 0 saturated heterocycles. The van der Waals surface area contributed by atoms with E-state index in [1.165, 1.54) is 0 Å². The van der Waals surface area contributed by atoms with Gasteiger partial charge in [-0.25, -0.2) is 0 Å². The van der Waals surface area contributed by atoms with Crippen LogP contribution in [-0.2, 0) is 0 Å². The first-order valence-corrected chi connectivity index (χ1v) is 4.53. The lowest BCUT2D eigenvalue weighted by Gasteiger charge is -1.98. The molecule has 0 aliphatic carbocycles. The zero-order valence-corrected chi connectivity index (χ0v) is 8.25. The minimum atomic E-state index is 0.471. The Morgan fingerprint density at radius 3 is 2.92 bits per heavy atom. The minimum Gasteiger partial charge on any atom is -0.382 e. The van der Waals surface area contributed by atoms with Crippen LogP contribution in [-0.4, -0.2) is 17.4 Å². The summed E-state index contributed by atoms with van der Waals surface area (Å²) >= 11 is 5.68. The van der Waals surface area contributed by atoms with Crippen molar-refractivity contribution >= 4 is 17.4 Å². The molecule has 1 heterocycles. The van der Waals surface area contributed by atoms with E-state index in [0.717, 1.165) is 13.0 Å². The second-order valence-electron chi connectivity index (χ2n) is 2.63. The number of nitrogens with two attached hydrogens (primary N) is 1. The molecule has 0 saturated carbocycles. The fourth-order valence-corrected chi connectivity index (χ4v) is 0.952. The Labute approximate surface area is 82.6 Å². The van der Waals surface area contributed by atoms with Crippen molar-refractivity contribution in [2.24, 2.45) is 10.7 Å². The zero-order chi connectivity index (χ0) is 9.68. The summed E-state index contributed by atoms with van der Waals surface area (Å²) in [5.41, 5.74) is 6.35. The smallest absolute Gasteiger partial charge is 0.144 e. The summed E-state index contributed by atoms with van der Waals surface area (Å²) in [5.74, 6) is 0.471. The van der Waals surface area contributed by atoms with E-state index in [2.05, 4.69) is 9.98 Å². The number of aromatic nitrogens is 1. The first-order chi connectivity index (χ1) is 6.24. The van der Waals surface area contributed by atoms with Gasteiger partial charge in [0.25, 0.3) is 0 Å². The molecule has 0 radical (unpaired) electrons. The third-order valence-corrected chi connectivity index (χ3v) is 1.72. The minimum absolute atomic E-state index is 0.471. The van der Waals surface area contributed by atoms with E-state index in [4.69, 9.17) is 17.3 Å². The Morgan fingerprint density at radius 1 is 1.62 bits per heavy atom. The fourth-order valence-electron chi connectivity index (χ4n) is 0.841. The molecule has 0 atom stereocenters. The molecule has 0 aromatic carbocycles. The number of hydrogen-bond acceptors (Lipinski definition) is 2. The van der Waals surface area contributed by atoms with Crippen LogP contribution in [0.2, 0.25) is 5.02 Å². The summed E-state index contributed by atoms with van der Waals surface area (Å²) in [6.45, 7) is 2.78. The van der Waals surface area contributed by atoms with Crippen LogP contribution in [0.15, 0.2) is 23.3 Å². The summed E-state index contributed by atoms with van der Waals surface area (Å²) in [6, 6.07) is 3.51. The van der Waals surface area contributed by atoms with Crippen LogP contribution in [0.5, 0.6) is 0 Å². The lowest BCUT2D eigenvalue weighted by atomic mass is 10.3. The maximum atomic E-state index is 5.68. The van der Waals surface area contributed by atoms with Crippen molar-refractivity contribution in [2.45, 2.75) is 13.3 Å². The SMILES string of the molecule is CCCN=C(N)c1ccc(Cl)cn1. The van der Waals surface area contributed by atoms with Crippen LogP contribution in [0.3, 0.4) is 0 Å². The van der Waals surface area contributed by atoms with Gasteiger partial charge in [-0.15, -0.1) is 0 Å². The summed E-state index contributed by atoms with van der Waals surface area (Å²) in [7, 11) is 0. The lowest BCUT2D eigenvalue weighted by Crippen LogP contribution is -2.15. The van der Waals surface area contributed by atoms with Gasteiger partial charge >= 0.3 is 0 Å². The molecule has 0 spiro atoms. The average Bonchev–Trinajstić information content (AvgIpc) is 2.15. The van der Waals surface area contributed by atoms with E-state index in [0.29, 0.717) is 16.6 Å². The maximum absolute atomic E-state index is 5.68. The highest BCUT2D eigenvalue weighted by Crippen LogP contribution is 2.05. The molecule has 2 N–H and O–H groups in total. The van der Waals surface area contributed by atoms with Crippen LogP contribution in [0.25, 0.3) is 0 Å². The number of pyridine rings is 1. The highest BCUT2D eigenvalue weighted by atomic mass is 35.5. The monoisotopic (exact) mass is 197 g/mol. The molecule has 0 aliphatic heterocycles. The normalized spacial score (nSPS) is 11.7. The standard InChI is InChI=1S/C9H12ClN3/c1-2-5-12-9(11)8-4-3-7(10)6-13-8/h3-4,6H,2,5H2,1H3,(H2,11,12). The van der Waals surface area contributed by atoms with Gasteiger partial charge in [-0.1, -0.05) is 18.5 Å². The topological polar surface area (TPSA) is 51.3 Å².